The van der Waals surface area contributed by atoms with Crippen molar-refractivity contribution in [3.63, 3.8) is 0 Å². The van der Waals surface area contributed by atoms with Crippen molar-refractivity contribution in [1.82, 2.24) is 0 Å². The molecule has 1 nitrogen and oxygen atoms in total. The first-order valence-corrected chi connectivity index (χ1v) is 7.28. The Morgan fingerprint density at radius 2 is 1.41 bits per heavy atom. The molecule has 17 heavy (non-hydrogen) atoms. The van der Waals surface area contributed by atoms with Crippen LogP contribution in [0.5, 0.6) is 0 Å². The topological polar surface area (TPSA) is 20.2 Å². The summed E-state index contributed by atoms with van der Waals surface area (Å²) < 4.78 is 0. The molecule has 0 spiro atoms. The molecule has 0 amide bonds. The summed E-state index contributed by atoms with van der Waals surface area (Å²) in [5.41, 5.74) is 0.800. The summed E-state index contributed by atoms with van der Waals surface area (Å²) in [6.45, 7) is 14.2. The molecule has 0 saturated heterocycles. The van der Waals surface area contributed by atoms with E-state index in [0.717, 1.165) is 24.7 Å². The molecule has 1 heteroatoms. The summed E-state index contributed by atoms with van der Waals surface area (Å²) in [5, 5.41) is 9.64. The first kappa shape index (κ1) is 15.0. The van der Waals surface area contributed by atoms with Crippen molar-refractivity contribution < 1.29 is 5.11 Å². The molecule has 1 atom stereocenters. The van der Waals surface area contributed by atoms with Crippen molar-refractivity contribution in [2.75, 3.05) is 0 Å². The van der Waals surface area contributed by atoms with Crippen molar-refractivity contribution in [3.05, 3.63) is 0 Å². The van der Waals surface area contributed by atoms with Crippen LogP contribution >= 0.6 is 0 Å². The molecule has 1 aliphatic rings. The van der Waals surface area contributed by atoms with E-state index < -0.39 is 0 Å². The average molecular weight is 240 g/mol. The highest BCUT2D eigenvalue weighted by molar-refractivity contribution is 4.86. The first-order chi connectivity index (χ1) is 7.59. The van der Waals surface area contributed by atoms with Crippen LogP contribution in [0.4, 0.5) is 0 Å². The number of hydrogen-bond acceptors (Lipinski definition) is 1. The molecule has 0 heterocycles. The summed E-state index contributed by atoms with van der Waals surface area (Å²) in [6, 6.07) is 0. The molecule has 0 bridgehead atoms. The van der Waals surface area contributed by atoms with Gasteiger partial charge in [0.2, 0.25) is 0 Å². The van der Waals surface area contributed by atoms with Crippen molar-refractivity contribution >= 4 is 0 Å². The zero-order valence-electron chi connectivity index (χ0n) is 12.7. The molecule has 0 aromatic rings. The fraction of sp³-hybridized carbons (Fsp3) is 1.00. The minimum Gasteiger partial charge on any atom is -0.393 e. The molecule has 1 fully saturated rings. The van der Waals surface area contributed by atoms with Crippen molar-refractivity contribution in [2.45, 2.75) is 79.8 Å². The highest BCUT2D eigenvalue weighted by Crippen LogP contribution is 2.45. The van der Waals surface area contributed by atoms with Gasteiger partial charge in [-0.25, -0.2) is 0 Å². The SMILES string of the molecule is CC(C)(C)CC(C1CCC(O)CC1)C(C)(C)C. The Bertz CT molecular complexity index is 223. The Morgan fingerprint density at radius 3 is 1.76 bits per heavy atom. The molecule has 1 saturated carbocycles. The van der Waals surface area contributed by atoms with Gasteiger partial charge >= 0.3 is 0 Å². The Balaban J connectivity index is 2.70. The Kier molecular flexibility index (Phi) is 4.68. The molecule has 102 valence electrons. The van der Waals surface area contributed by atoms with Crippen LogP contribution in [-0.4, -0.2) is 11.2 Å². The third kappa shape index (κ3) is 4.99. The van der Waals surface area contributed by atoms with Gasteiger partial charge in [0.05, 0.1) is 6.10 Å². The second-order valence-corrected chi connectivity index (χ2v) is 8.31. The maximum atomic E-state index is 9.64. The normalized spacial score (nSPS) is 29.1. The van der Waals surface area contributed by atoms with Crippen molar-refractivity contribution in [3.8, 4) is 0 Å². The van der Waals surface area contributed by atoms with Gasteiger partial charge < -0.3 is 5.11 Å². The third-order valence-electron chi connectivity index (χ3n) is 4.26. The number of aliphatic hydroxyl groups is 1. The second kappa shape index (κ2) is 5.30. The van der Waals surface area contributed by atoms with Crippen LogP contribution in [0.3, 0.4) is 0 Å². The smallest absolute Gasteiger partial charge is 0.0540 e. The quantitative estimate of drug-likeness (QED) is 0.745. The van der Waals surface area contributed by atoms with Crippen LogP contribution in [-0.2, 0) is 0 Å². The van der Waals surface area contributed by atoms with Crippen LogP contribution in [0, 0.1) is 22.7 Å². The van der Waals surface area contributed by atoms with E-state index in [2.05, 4.69) is 41.5 Å². The van der Waals surface area contributed by atoms with Crippen molar-refractivity contribution in [1.29, 1.82) is 0 Å². The van der Waals surface area contributed by atoms with Gasteiger partial charge in [-0.05, 0) is 54.8 Å². The van der Waals surface area contributed by atoms with Crippen LogP contribution in [0.2, 0.25) is 0 Å². The van der Waals surface area contributed by atoms with Gasteiger partial charge in [0.1, 0.15) is 0 Å². The van der Waals surface area contributed by atoms with Gasteiger partial charge in [-0.1, -0.05) is 41.5 Å². The third-order valence-corrected chi connectivity index (χ3v) is 4.26. The van der Waals surface area contributed by atoms with E-state index in [-0.39, 0.29) is 6.10 Å². The van der Waals surface area contributed by atoms with Crippen LogP contribution in [0.1, 0.15) is 73.6 Å². The van der Waals surface area contributed by atoms with E-state index in [1.165, 1.54) is 19.3 Å². The number of rotatable bonds is 2. The van der Waals surface area contributed by atoms with Gasteiger partial charge in [-0.15, -0.1) is 0 Å². The number of hydrogen-bond donors (Lipinski definition) is 1. The Labute approximate surface area is 108 Å². The molecule has 1 N–H and O–H groups in total. The summed E-state index contributed by atoms with van der Waals surface area (Å²) in [5.74, 6) is 1.60. The largest absolute Gasteiger partial charge is 0.393 e. The van der Waals surface area contributed by atoms with Gasteiger partial charge in [-0.3, -0.25) is 0 Å². The highest BCUT2D eigenvalue weighted by atomic mass is 16.3. The lowest BCUT2D eigenvalue weighted by atomic mass is 9.63. The zero-order valence-corrected chi connectivity index (χ0v) is 12.7. The second-order valence-electron chi connectivity index (χ2n) is 8.31. The molecule has 1 rings (SSSR count). The molecule has 0 radical (unpaired) electrons. The molecular weight excluding hydrogens is 208 g/mol. The summed E-state index contributed by atoms with van der Waals surface area (Å²) in [6.07, 6.45) is 5.75. The van der Waals surface area contributed by atoms with E-state index >= 15 is 0 Å². The van der Waals surface area contributed by atoms with Gasteiger partial charge in [0, 0.05) is 0 Å². The van der Waals surface area contributed by atoms with Gasteiger partial charge in [0.25, 0.3) is 0 Å². The average Bonchev–Trinajstić information content (AvgIpc) is 2.13. The van der Waals surface area contributed by atoms with Crippen LogP contribution in [0.15, 0.2) is 0 Å². The summed E-state index contributed by atoms with van der Waals surface area (Å²) >= 11 is 0. The highest BCUT2D eigenvalue weighted by Gasteiger charge is 2.36. The maximum absolute atomic E-state index is 9.64. The first-order valence-electron chi connectivity index (χ1n) is 7.28. The monoisotopic (exact) mass is 240 g/mol. The lowest BCUT2D eigenvalue weighted by molar-refractivity contribution is 0.0392. The zero-order chi connectivity index (χ0) is 13.3. The molecule has 0 aromatic carbocycles. The van der Waals surface area contributed by atoms with E-state index in [4.69, 9.17) is 0 Å². The standard InChI is InChI=1S/C16H32O/c1-15(2,3)11-14(16(4,5)6)12-7-9-13(17)10-8-12/h12-14,17H,7-11H2,1-6H3. The lowest BCUT2D eigenvalue weighted by Crippen LogP contribution is -2.34. The summed E-state index contributed by atoms with van der Waals surface area (Å²) in [4.78, 5) is 0. The predicted octanol–water partition coefficient (Wildman–Crippen LogP) is 4.64. The van der Waals surface area contributed by atoms with Gasteiger partial charge in [-0.2, -0.15) is 0 Å². The van der Waals surface area contributed by atoms with E-state index in [1.54, 1.807) is 0 Å². The minimum absolute atomic E-state index is 0.0264. The fourth-order valence-corrected chi connectivity index (χ4v) is 3.34. The molecule has 1 aliphatic carbocycles. The molecular formula is C16H32O. The predicted molar refractivity (Wildman–Crippen MR) is 75.0 cm³/mol. The van der Waals surface area contributed by atoms with Crippen LogP contribution in [0.25, 0.3) is 0 Å². The van der Waals surface area contributed by atoms with E-state index in [0.29, 0.717) is 10.8 Å². The fourth-order valence-electron chi connectivity index (χ4n) is 3.34. The van der Waals surface area contributed by atoms with Gasteiger partial charge in [0.15, 0.2) is 0 Å². The van der Waals surface area contributed by atoms with Crippen LogP contribution < -0.4 is 0 Å². The minimum atomic E-state index is -0.0264. The van der Waals surface area contributed by atoms with Crippen molar-refractivity contribution in [2.24, 2.45) is 22.7 Å². The summed E-state index contributed by atoms with van der Waals surface area (Å²) in [7, 11) is 0. The van der Waals surface area contributed by atoms with E-state index in [9.17, 15) is 5.11 Å². The Hall–Kier alpha value is -0.0400. The lowest BCUT2D eigenvalue weighted by Gasteiger charge is -2.43. The Morgan fingerprint density at radius 1 is 0.941 bits per heavy atom. The number of aliphatic hydroxyl groups excluding tert-OH is 1. The maximum Gasteiger partial charge on any atom is 0.0540 e. The van der Waals surface area contributed by atoms with E-state index in [1.807, 2.05) is 0 Å². The molecule has 0 aromatic heterocycles. The molecule has 0 aliphatic heterocycles. The molecule has 1 unspecified atom stereocenters.